The number of fused-ring (bicyclic) bond motifs is 1. The number of carbonyl (C=O) groups is 1. The first-order valence-corrected chi connectivity index (χ1v) is 12.0. The summed E-state index contributed by atoms with van der Waals surface area (Å²) in [5, 5.41) is 6.55. The first kappa shape index (κ1) is 23.0. The van der Waals surface area contributed by atoms with Gasteiger partial charge >= 0.3 is 0 Å². The predicted molar refractivity (Wildman–Crippen MR) is 129 cm³/mol. The third-order valence-electron chi connectivity index (χ3n) is 5.43. The van der Waals surface area contributed by atoms with Gasteiger partial charge in [0.05, 0.1) is 11.1 Å². The largest absolute Gasteiger partial charge is 0.339 e. The van der Waals surface area contributed by atoms with Gasteiger partial charge in [-0.25, -0.2) is 18.1 Å². The van der Waals surface area contributed by atoms with Gasteiger partial charge in [0.1, 0.15) is 5.02 Å². The van der Waals surface area contributed by atoms with Crippen molar-refractivity contribution in [3.63, 3.8) is 0 Å². The second-order valence-corrected chi connectivity index (χ2v) is 9.89. The number of anilines is 5. The molecule has 0 saturated carbocycles. The predicted octanol–water partition coefficient (Wildman–Crippen LogP) is 3.74. The van der Waals surface area contributed by atoms with Gasteiger partial charge in [0.2, 0.25) is 21.9 Å². The number of carbonyl (C=O) groups excluding carboxylic acids is 1. The number of sulfonamides is 1. The second kappa shape index (κ2) is 8.97. The summed E-state index contributed by atoms with van der Waals surface area (Å²) in [6, 6.07) is 10.7. The number of hydrogen-bond donors (Lipinski definition) is 3. The molecule has 3 N–H and O–H groups in total. The van der Waals surface area contributed by atoms with Crippen LogP contribution in [0.15, 0.2) is 47.5 Å². The van der Waals surface area contributed by atoms with E-state index in [9.17, 15) is 13.2 Å². The number of aryl methyl sites for hydroxylation is 2. The molecule has 0 radical (unpaired) electrons. The lowest BCUT2D eigenvalue weighted by atomic mass is 10.0. The Hall–Kier alpha value is -3.21. The van der Waals surface area contributed by atoms with E-state index in [-0.39, 0.29) is 16.8 Å². The molecule has 0 aliphatic carbocycles. The second-order valence-electron chi connectivity index (χ2n) is 7.62. The standard InChI is InChI=1S/C22H23ClN6O3S/c1-13-4-6-16(11-19(13)33(31,32)24-2)27-22-25-12-17(23)21(28-22)26-15-7-8-18-14(10-15)5-9-20(30)29(18)3/h4,6-8,10-12,24H,5,9H2,1-3H3,(H2,25,26,27,28). The van der Waals surface area contributed by atoms with Gasteiger partial charge in [0, 0.05) is 30.5 Å². The summed E-state index contributed by atoms with van der Waals surface area (Å²) in [5.74, 6) is 0.742. The first-order valence-electron chi connectivity index (χ1n) is 10.2. The number of nitrogens with zero attached hydrogens (tertiary/aromatic N) is 3. The molecule has 1 aliphatic rings. The van der Waals surface area contributed by atoms with Crippen LogP contribution in [-0.2, 0) is 21.2 Å². The Bertz CT molecular complexity index is 1350. The third-order valence-corrected chi connectivity index (χ3v) is 7.27. The molecular formula is C22H23ClN6O3S. The molecule has 11 heteroatoms. The number of halogens is 1. The van der Waals surface area contributed by atoms with Gasteiger partial charge < -0.3 is 15.5 Å². The summed E-state index contributed by atoms with van der Waals surface area (Å²) >= 11 is 6.30. The van der Waals surface area contributed by atoms with Gasteiger partial charge in [-0.1, -0.05) is 17.7 Å². The maximum absolute atomic E-state index is 12.2. The minimum Gasteiger partial charge on any atom is -0.339 e. The first-order chi connectivity index (χ1) is 15.7. The van der Waals surface area contributed by atoms with Crippen LogP contribution in [-0.4, -0.2) is 38.4 Å². The van der Waals surface area contributed by atoms with Crippen LogP contribution < -0.4 is 20.3 Å². The Morgan fingerprint density at radius 2 is 1.79 bits per heavy atom. The van der Waals surface area contributed by atoms with Crippen LogP contribution in [0.2, 0.25) is 5.02 Å². The van der Waals surface area contributed by atoms with Crippen molar-refractivity contribution in [2.45, 2.75) is 24.7 Å². The SMILES string of the molecule is CNS(=O)(=O)c1cc(Nc2ncc(Cl)c(Nc3ccc4c(c3)CCC(=O)N4C)n2)ccc1C. The summed E-state index contributed by atoms with van der Waals surface area (Å²) < 4.78 is 26.8. The maximum Gasteiger partial charge on any atom is 0.240 e. The van der Waals surface area contributed by atoms with E-state index in [4.69, 9.17) is 11.6 Å². The molecule has 172 valence electrons. The van der Waals surface area contributed by atoms with Crippen LogP contribution in [0, 0.1) is 6.92 Å². The van der Waals surface area contributed by atoms with Crippen LogP contribution in [0.4, 0.5) is 28.8 Å². The molecule has 0 saturated heterocycles. The highest BCUT2D eigenvalue weighted by molar-refractivity contribution is 7.89. The number of benzene rings is 2. The molecule has 2 heterocycles. The van der Waals surface area contributed by atoms with E-state index in [2.05, 4.69) is 25.3 Å². The van der Waals surface area contributed by atoms with Crippen molar-refractivity contribution in [3.05, 3.63) is 58.7 Å². The molecule has 0 unspecified atom stereocenters. The Labute approximate surface area is 197 Å². The van der Waals surface area contributed by atoms with E-state index in [0.29, 0.717) is 34.9 Å². The molecule has 9 nitrogen and oxygen atoms in total. The van der Waals surface area contributed by atoms with E-state index >= 15 is 0 Å². The van der Waals surface area contributed by atoms with Crippen LogP contribution >= 0.6 is 11.6 Å². The van der Waals surface area contributed by atoms with Gasteiger partial charge in [-0.3, -0.25) is 4.79 Å². The Balaban J connectivity index is 1.58. The van der Waals surface area contributed by atoms with Crippen LogP contribution in [0.1, 0.15) is 17.5 Å². The van der Waals surface area contributed by atoms with Crippen molar-refractivity contribution < 1.29 is 13.2 Å². The molecular weight excluding hydrogens is 464 g/mol. The van der Waals surface area contributed by atoms with Crippen LogP contribution in [0.25, 0.3) is 0 Å². The lowest BCUT2D eigenvalue weighted by Gasteiger charge is -2.26. The zero-order chi connectivity index (χ0) is 23.8. The van der Waals surface area contributed by atoms with Crippen molar-refractivity contribution in [2.75, 3.05) is 29.6 Å². The van der Waals surface area contributed by atoms with E-state index in [0.717, 1.165) is 16.9 Å². The number of hydrogen-bond acceptors (Lipinski definition) is 7. The average Bonchev–Trinajstić information content (AvgIpc) is 2.80. The van der Waals surface area contributed by atoms with Crippen molar-refractivity contribution >= 4 is 56.4 Å². The van der Waals surface area contributed by atoms with Gasteiger partial charge in [-0.2, -0.15) is 4.98 Å². The molecule has 2 aromatic carbocycles. The highest BCUT2D eigenvalue weighted by Gasteiger charge is 2.21. The normalized spacial score (nSPS) is 13.6. The molecule has 1 aromatic heterocycles. The number of aromatic nitrogens is 2. The van der Waals surface area contributed by atoms with Crippen molar-refractivity contribution in [2.24, 2.45) is 0 Å². The number of amides is 1. The molecule has 0 atom stereocenters. The van der Waals surface area contributed by atoms with Crippen LogP contribution in [0.5, 0.6) is 0 Å². The highest BCUT2D eigenvalue weighted by atomic mass is 35.5. The topological polar surface area (TPSA) is 116 Å². The molecule has 0 bridgehead atoms. The average molecular weight is 487 g/mol. The lowest BCUT2D eigenvalue weighted by Crippen LogP contribution is -2.31. The smallest absolute Gasteiger partial charge is 0.240 e. The summed E-state index contributed by atoms with van der Waals surface area (Å²) in [5.41, 5.74) is 3.86. The Kier molecular flexibility index (Phi) is 6.24. The molecule has 1 aliphatic heterocycles. The fraction of sp³-hybridized carbons (Fsp3) is 0.227. The number of nitrogens with one attached hydrogen (secondary N) is 3. The molecule has 4 rings (SSSR count). The fourth-order valence-corrected chi connectivity index (χ4v) is 4.72. The van der Waals surface area contributed by atoms with E-state index in [1.54, 1.807) is 31.0 Å². The number of rotatable bonds is 6. The van der Waals surface area contributed by atoms with E-state index < -0.39 is 10.0 Å². The third kappa shape index (κ3) is 4.77. The van der Waals surface area contributed by atoms with Crippen LogP contribution in [0.3, 0.4) is 0 Å². The molecule has 0 fully saturated rings. The fourth-order valence-electron chi connectivity index (χ4n) is 3.59. The maximum atomic E-state index is 12.2. The van der Waals surface area contributed by atoms with Crippen molar-refractivity contribution in [3.8, 4) is 0 Å². The summed E-state index contributed by atoms with van der Waals surface area (Å²) in [7, 11) is -0.467. The Morgan fingerprint density at radius 1 is 1.06 bits per heavy atom. The highest BCUT2D eigenvalue weighted by Crippen LogP contribution is 2.32. The van der Waals surface area contributed by atoms with Gasteiger partial charge in [0.25, 0.3) is 0 Å². The van der Waals surface area contributed by atoms with E-state index in [1.807, 2.05) is 18.2 Å². The van der Waals surface area contributed by atoms with E-state index in [1.165, 1.54) is 19.3 Å². The summed E-state index contributed by atoms with van der Waals surface area (Å²) in [6.45, 7) is 1.72. The summed E-state index contributed by atoms with van der Waals surface area (Å²) in [6.07, 6.45) is 2.60. The summed E-state index contributed by atoms with van der Waals surface area (Å²) in [4.78, 5) is 22.4. The monoisotopic (exact) mass is 486 g/mol. The quantitative estimate of drug-likeness (QED) is 0.486. The zero-order valence-electron chi connectivity index (χ0n) is 18.3. The van der Waals surface area contributed by atoms with Gasteiger partial charge in [0.15, 0.2) is 5.82 Å². The van der Waals surface area contributed by atoms with Gasteiger partial charge in [-0.05, 0) is 61.9 Å². The van der Waals surface area contributed by atoms with Gasteiger partial charge in [-0.15, -0.1) is 0 Å². The lowest BCUT2D eigenvalue weighted by molar-refractivity contribution is -0.118. The van der Waals surface area contributed by atoms with Crippen molar-refractivity contribution in [1.82, 2.24) is 14.7 Å². The molecule has 3 aromatic rings. The molecule has 33 heavy (non-hydrogen) atoms. The molecule has 1 amide bonds. The minimum absolute atomic E-state index is 0.0968. The minimum atomic E-state index is -3.60. The Morgan fingerprint density at radius 3 is 2.55 bits per heavy atom. The van der Waals surface area contributed by atoms with Crippen molar-refractivity contribution in [1.29, 1.82) is 0 Å². The zero-order valence-corrected chi connectivity index (χ0v) is 19.9. The molecule has 0 spiro atoms.